The van der Waals surface area contributed by atoms with Crippen LogP contribution in [0.5, 0.6) is 5.75 Å². The van der Waals surface area contributed by atoms with Crippen LogP contribution in [0.4, 0.5) is 0 Å². The molecule has 0 aliphatic carbocycles. The summed E-state index contributed by atoms with van der Waals surface area (Å²) in [5.41, 5.74) is 0.786. The van der Waals surface area contributed by atoms with E-state index in [0.717, 1.165) is 12.0 Å². The smallest absolute Gasteiger partial charge is 0.150 e. The third kappa shape index (κ3) is 3.39. The molecule has 0 saturated carbocycles. The van der Waals surface area contributed by atoms with Crippen LogP contribution in [-0.2, 0) is 0 Å². The fourth-order valence-corrected chi connectivity index (χ4v) is 1.01. The molecule has 1 aromatic carbocycles. The van der Waals surface area contributed by atoms with Gasteiger partial charge in [0.1, 0.15) is 18.1 Å². The second-order valence-corrected chi connectivity index (χ2v) is 4.81. The average molecular weight is 206 g/mol. The molecule has 0 spiro atoms. The number of aldehydes is 1. The van der Waals surface area contributed by atoms with Crippen LogP contribution in [0.2, 0.25) is 0 Å². The lowest BCUT2D eigenvalue weighted by atomic mass is 9.90. The highest BCUT2D eigenvalue weighted by Crippen LogP contribution is 2.24. The van der Waals surface area contributed by atoms with Crippen LogP contribution < -0.4 is 4.74 Å². The molecule has 2 nitrogen and oxygen atoms in total. The van der Waals surface area contributed by atoms with E-state index in [1.54, 1.807) is 12.1 Å². The average Bonchev–Trinajstić information content (AvgIpc) is 2.17. The van der Waals surface area contributed by atoms with Crippen molar-refractivity contribution in [3.8, 4) is 5.75 Å². The van der Waals surface area contributed by atoms with E-state index < -0.39 is 0 Å². The molecule has 0 N–H and O–H groups in total. The molecule has 0 bridgehead atoms. The molecule has 1 atom stereocenters. The monoisotopic (exact) mass is 206 g/mol. The van der Waals surface area contributed by atoms with Gasteiger partial charge in [-0.05, 0) is 36.6 Å². The molecule has 1 aromatic rings. The second-order valence-electron chi connectivity index (χ2n) is 4.81. The van der Waals surface area contributed by atoms with Crippen molar-refractivity contribution in [3.05, 3.63) is 29.8 Å². The molecule has 0 radical (unpaired) electrons. The first kappa shape index (κ1) is 11.8. The molecule has 0 aliphatic heterocycles. The molecule has 15 heavy (non-hydrogen) atoms. The van der Waals surface area contributed by atoms with Crippen LogP contribution in [0, 0.1) is 5.41 Å². The highest BCUT2D eigenvalue weighted by atomic mass is 16.5. The highest BCUT2D eigenvalue weighted by molar-refractivity contribution is 5.74. The van der Waals surface area contributed by atoms with E-state index in [1.807, 2.05) is 19.1 Å². The van der Waals surface area contributed by atoms with Gasteiger partial charge in [0.05, 0.1) is 0 Å². The van der Waals surface area contributed by atoms with Crippen molar-refractivity contribution in [2.24, 2.45) is 5.41 Å². The molecule has 0 saturated heterocycles. The van der Waals surface area contributed by atoms with Crippen molar-refractivity contribution in [2.75, 3.05) is 0 Å². The van der Waals surface area contributed by atoms with Crippen LogP contribution in [-0.4, -0.2) is 12.4 Å². The minimum Gasteiger partial charge on any atom is -0.490 e. The molecule has 82 valence electrons. The molecule has 0 fully saturated rings. The van der Waals surface area contributed by atoms with Gasteiger partial charge in [0.2, 0.25) is 0 Å². The fourth-order valence-electron chi connectivity index (χ4n) is 1.01. The summed E-state index contributed by atoms with van der Waals surface area (Å²) >= 11 is 0. The Hall–Kier alpha value is -1.31. The third-order valence-corrected chi connectivity index (χ3v) is 2.55. The number of carbonyl (C=O) groups is 1. The van der Waals surface area contributed by atoms with Gasteiger partial charge in [0.25, 0.3) is 0 Å². The van der Waals surface area contributed by atoms with E-state index in [9.17, 15) is 4.79 Å². The fraction of sp³-hybridized carbons (Fsp3) is 0.462. The summed E-state index contributed by atoms with van der Waals surface area (Å²) in [7, 11) is 0. The van der Waals surface area contributed by atoms with Crippen LogP contribution in [0.15, 0.2) is 24.3 Å². The van der Waals surface area contributed by atoms with Crippen molar-refractivity contribution in [1.29, 1.82) is 0 Å². The molecule has 1 unspecified atom stereocenters. The Balaban J connectivity index is 2.69. The lowest BCUT2D eigenvalue weighted by Crippen LogP contribution is -2.28. The lowest BCUT2D eigenvalue weighted by molar-refractivity contribution is 0.103. The van der Waals surface area contributed by atoms with Gasteiger partial charge < -0.3 is 4.74 Å². The normalized spacial score (nSPS) is 13.3. The number of benzene rings is 1. The maximum atomic E-state index is 10.5. The number of hydrogen-bond donors (Lipinski definition) is 0. The zero-order valence-electron chi connectivity index (χ0n) is 9.78. The van der Waals surface area contributed by atoms with E-state index >= 15 is 0 Å². The Kier molecular flexibility index (Phi) is 3.51. The standard InChI is InChI=1S/C13H18O2/c1-10(13(2,3)4)15-12-7-5-11(9-14)6-8-12/h5-10H,1-4H3. The number of ether oxygens (including phenoxy) is 1. The SMILES string of the molecule is CC(Oc1ccc(C=O)cc1)C(C)(C)C. The Labute approximate surface area is 91.3 Å². The van der Waals surface area contributed by atoms with Gasteiger partial charge in [-0.25, -0.2) is 0 Å². The number of hydrogen-bond acceptors (Lipinski definition) is 2. The Morgan fingerprint density at radius 3 is 2.13 bits per heavy atom. The summed E-state index contributed by atoms with van der Waals surface area (Å²) < 4.78 is 5.76. The van der Waals surface area contributed by atoms with Crippen LogP contribution in [0.3, 0.4) is 0 Å². The minimum absolute atomic E-state index is 0.114. The van der Waals surface area contributed by atoms with E-state index in [1.165, 1.54) is 0 Å². The van der Waals surface area contributed by atoms with Crippen molar-refractivity contribution in [3.63, 3.8) is 0 Å². The van der Waals surface area contributed by atoms with Crippen molar-refractivity contribution >= 4 is 6.29 Å². The molecular weight excluding hydrogens is 188 g/mol. The van der Waals surface area contributed by atoms with Gasteiger partial charge in [0, 0.05) is 5.56 Å². The van der Waals surface area contributed by atoms with Gasteiger partial charge in [-0.2, -0.15) is 0 Å². The van der Waals surface area contributed by atoms with E-state index in [2.05, 4.69) is 20.8 Å². The number of rotatable bonds is 3. The molecule has 2 heteroatoms. The quantitative estimate of drug-likeness (QED) is 0.709. The van der Waals surface area contributed by atoms with Crippen LogP contribution in [0.1, 0.15) is 38.1 Å². The second kappa shape index (κ2) is 4.47. The molecule has 1 rings (SSSR count). The zero-order chi connectivity index (χ0) is 11.5. The third-order valence-electron chi connectivity index (χ3n) is 2.55. The minimum atomic E-state index is 0.114. The van der Waals surface area contributed by atoms with Gasteiger partial charge in [0.15, 0.2) is 0 Å². The van der Waals surface area contributed by atoms with Crippen molar-refractivity contribution in [2.45, 2.75) is 33.8 Å². The van der Waals surface area contributed by atoms with Gasteiger partial charge in [-0.3, -0.25) is 4.79 Å². The van der Waals surface area contributed by atoms with Gasteiger partial charge >= 0.3 is 0 Å². The first-order valence-electron chi connectivity index (χ1n) is 5.15. The summed E-state index contributed by atoms with van der Waals surface area (Å²) in [5, 5.41) is 0. The Morgan fingerprint density at radius 1 is 1.20 bits per heavy atom. The van der Waals surface area contributed by atoms with E-state index in [0.29, 0.717) is 5.56 Å². The summed E-state index contributed by atoms with van der Waals surface area (Å²) in [6.07, 6.45) is 0.969. The molecular formula is C13H18O2. The topological polar surface area (TPSA) is 26.3 Å². The maximum Gasteiger partial charge on any atom is 0.150 e. The first-order chi connectivity index (χ1) is 6.93. The largest absolute Gasteiger partial charge is 0.490 e. The highest BCUT2D eigenvalue weighted by Gasteiger charge is 2.21. The lowest BCUT2D eigenvalue weighted by Gasteiger charge is -2.27. The first-order valence-corrected chi connectivity index (χ1v) is 5.15. The predicted octanol–water partition coefficient (Wildman–Crippen LogP) is 3.31. The van der Waals surface area contributed by atoms with Crippen molar-refractivity contribution in [1.82, 2.24) is 0 Å². The summed E-state index contributed by atoms with van der Waals surface area (Å²) in [4.78, 5) is 10.5. The summed E-state index contributed by atoms with van der Waals surface area (Å²) in [6.45, 7) is 8.46. The summed E-state index contributed by atoms with van der Waals surface area (Å²) in [5.74, 6) is 0.808. The van der Waals surface area contributed by atoms with E-state index in [-0.39, 0.29) is 11.5 Å². The van der Waals surface area contributed by atoms with Crippen LogP contribution in [0.25, 0.3) is 0 Å². The van der Waals surface area contributed by atoms with E-state index in [4.69, 9.17) is 4.74 Å². The molecule has 0 aromatic heterocycles. The number of carbonyl (C=O) groups excluding carboxylic acids is 1. The van der Waals surface area contributed by atoms with Gasteiger partial charge in [-0.15, -0.1) is 0 Å². The Bertz CT molecular complexity index is 319. The van der Waals surface area contributed by atoms with Crippen molar-refractivity contribution < 1.29 is 9.53 Å². The predicted molar refractivity (Wildman–Crippen MR) is 61.4 cm³/mol. The van der Waals surface area contributed by atoms with Gasteiger partial charge in [-0.1, -0.05) is 20.8 Å². The summed E-state index contributed by atoms with van der Waals surface area (Å²) in [6, 6.07) is 7.17. The molecule has 0 heterocycles. The molecule has 0 amide bonds. The maximum absolute atomic E-state index is 10.5. The zero-order valence-corrected chi connectivity index (χ0v) is 9.78. The molecule has 0 aliphatic rings. The van der Waals surface area contributed by atoms with Crippen LogP contribution >= 0.6 is 0 Å². The Morgan fingerprint density at radius 2 is 1.73 bits per heavy atom.